The SMILES string of the molecule is Cc1ccc(SCCNC(=O)c2ccc(N(C)S(=O)(=O)N(C)C)cc2)cc1. The van der Waals surface area contributed by atoms with Gasteiger partial charge in [-0.3, -0.25) is 9.10 Å². The fraction of sp³-hybridized carbons (Fsp3) is 0.316. The van der Waals surface area contributed by atoms with Crippen LogP contribution in [0.5, 0.6) is 0 Å². The number of carbonyl (C=O) groups is 1. The van der Waals surface area contributed by atoms with E-state index >= 15 is 0 Å². The molecule has 0 heterocycles. The third-order valence-electron chi connectivity index (χ3n) is 3.98. The van der Waals surface area contributed by atoms with Gasteiger partial charge in [0.05, 0.1) is 5.69 Å². The number of aryl methyl sites for hydroxylation is 1. The van der Waals surface area contributed by atoms with Crippen LogP contribution >= 0.6 is 11.8 Å². The normalized spacial score (nSPS) is 11.4. The van der Waals surface area contributed by atoms with Gasteiger partial charge in [0.15, 0.2) is 0 Å². The molecule has 0 fully saturated rings. The maximum atomic E-state index is 12.2. The van der Waals surface area contributed by atoms with Crippen molar-refractivity contribution in [3.8, 4) is 0 Å². The molecule has 0 aliphatic heterocycles. The summed E-state index contributed by atoms with van der Waals surface area (Å²) >= 11 is 1.69. The van der Waals surface area contributed by atoms with Crippen LogP contribution < -0.4 is 9.62 Å². The van der Waals surface area contributed by atoms with Crippen LogP contribution in [-0.2, 0) is 10.2 Å². The molecular formula is C19H25N3O3S2. The van der Waals surface area contributed by atoms with Crippen molar-refractivity contribution in [3.63, 3.8) is 0 Å². The first-order valence-electron chi connectivity index (χ1n) is 8.46. The highest BCUT2D eigenvalue weighted by Gasteiger charge is 2.20. The average Bonchev–Trinajstić information content (AvgIpc) is 2.65. The molecule has 0 aliphatic carbocycles. The van der Waals surface area contributed by atoms with Gasteiger partial charge in [0.2, 0.25) is 0 Å². The first kappa shape index (κ1) is 21.3. The van der Waals surface area contributed by atoms with Crippen LogP contribution in [0.3, 0.4) is 0 Å². The lowest BCUT2D eigenvalue weighted by atomic mass is 10.2. The maximum absolute atomic E-state index is 12.2. The Hall–Kier alpha value is -2.03. The van der Waals surface area contributed by atoms with Gasteiger partial charge in [-0.05, 0) is 43.3 Å². The Morgan fingerprint density at radius 1 is 1.00 bits per heavy atom. The number of anilines is 1. The number of thioether (sulfide) groups is 1. The van der Waals surface area contributed by atoms with Gasteiger partial charge in [0.1, 0.15) is 0 Å². The molecule has 146 valence electrons. The summed E-state index contributed by atoms with van der Waals surface area (Å²) in [4.78, 5) is 13.4. The molecule has 0 bridgehead atoms. The smallest absolute Gasteiger partial charge is 0.303 e. The predicted molar refractivity (Wildman–Crippen MR) is 112 cm³/mol. The number of hydrogen-bond acceptors (Lipinski definition) is 4. The Balaban J connectivity index is 1.87. The molecule has 0 radical (unpaired) electrons. The van der Waals surface area contributed by atoms with Crippen molar-refractivity contribution in [2.24, 2.45) is 0 Å². The molecule has 0 saturated heterocycles. The average molecular weight is 408 g/mol. The van der Waals surface area contributed by atoms with E-state index in [-0.39, 0.29) is 5.91 Å². The summed E-state index contributed by atoms with van der Waals surface area (Å²) in [5.41, 5.74) is 2.21. The maximum Gasteiger partial charge on any atom is 0.303 e. The van der Waals surface area contributed by atoms with E-state index in [0.717, 1.165) is 10.1 Å². The van der Waals surface area contributed by atoms with Crippen LogP contribution in [0, 0.1) is 6.92 Å². The summed E-state index contributed by atoms with van der Waals surface area (Å²) in [5, 5.41) is 2.88. The molecule has 0 saturated carbocycles. The van der Waals surface area contributed by atoms with Gasteiger partial charge in [-0.15, -0.1) is 11.8 Å². The van der Waals surface area contributed by atoms with Crippen molar-refractivity contribution >= 4 is 33.6 Å². The number of nitrogens with one attached hydrogen (secondary N) is 1. The molecule has 2 aromatic carbocycles. The fourth-order valence-corrected chi connectivity index (χ4v) is 3.92. The Kier molecular flexibility index (Phi) is 7.29. The van der Waals surface area contributed by atoms with Crippen LogP contribution in [0.4, 0.5) is 5.69 Å². The van der Waals surface area contributed by atoms with Crippen LogP contribution in [-0.4, -0.2) is 52.1 Å². The van der Waals surface area contributed by atoms with Crippen molar-refractivity contribution in [1.82, 2.24) is 9.62 Å². The van der Waals surface area contributed by atoms with E-state index in [1.807, 2.05) is 6.92 Å². The summed E-state index contributed by atoms with van der Waals surface area (Å²) in [6, 6.07) is 14.8. The van der Waals surface area contributed by atoms with E-state index in [1.165, 1.54) is 35.9 Å². The zero-order valence-electron chi connectivity index (χ0n) is 16.0. The van der Waals surface area contributed by atoms with E-state index < -0.39 is 10.2 Å². The van der Waals surface area contributed by atoms with Gasteiger partial charge in [0, 0.05) is 43.9 Å². The van der Waals surface area contributed by atoms with E-state index in [9.17, 15) is 13.2 Å². The Bertz CT molecular complexity index is 864. The quantitative estimate of drug-likeness (QED) is 0.540. The Labute approximate surface area is 165 Å². The zero-order chi connectivity index (χ0) is 20.0. The summed E-state index contributed by atoms with van der Waals surface area (Å²) in [5.74, 6) is 0.598. The lowest BCUT2D eigenvalue weighted by Gasteiger charge is -2.23. The van der Waals surface area contributed by atoms with Crippen molar-refractivity contribution in [2.75, 3.05) is 37.7 Å². The molecule has 0 aliphatic rings. The fourth-order valence-electron chi connectivity index (χ4n) is 2.27. The minimum absolute atomic E-state index is 0.177. The zero-order valence-corrected chi connectivity index (χ0v) is 17.6. The molecule has 27 heavy (non-hydrogen) atoms. The first-order valence-corrected chi connectivity index (χ1v) is 10.8. The van der Waals surface area contributed by atoms with Crippen LogP contribution in [0.2, 0.25) is 0 Å². The largest absolute Gasteiger partial charge is 0.351 e. The molecular weight excluding hydrogens is 382 g/mol. The van der Waals surface area contributed by atoms with E-state index in [2.05, 4.69) is 29.6 Å². The Morgan fingerprint density at radius 3 is 2.15 bits per heavy atom. The number of nitrogens with zero attached hydrogens (tertiary/aromatic N) is 2. The van der Waals surface area contributed by atoms with Crippen molar-refractivity contribution < 1.29 is 13.2 Å². The lowest BCUT2D eigenvalue weighted by Crippen LogP contribution is -2.37. The van der Waals surface area contributed by atoms with Gasteiger partial charge in [-0.25, -0.2) is 0 Å². The lowest BCUT2D eigenvalue weighted by molar-refractivity contribution is 0.0956. The Morgan fingerprint density at radius 2 is 1.59 bits per heavy atom. The summed E-state index contributed by atoms with van der Waals surface area (Å²) in [7, 11) is 0.881. The van der Waals surface area contributed by atoms with Crippen LogP contribution in [0.1, 0.15) is 15.9 Å². The van der Waals surface area contributed by atoms with Crippen molar-refractivity contribution in [1.29, 1.82) is 0 Å². The molecule has 2 rings (SSSR count). The molecule has 0 atom stereocenters. The molecule has 6 nitrogen and oxygen atoms in total. The molecule has 0 unspecified atom stereocenters. The molecule has 0 aromatic heterocycles. The molecule has 1 N–H and O–H groups in total. The summed E-state index contributed by atoms with van der Waals surface area (Å²) in [6.45, 7) is 2.60. The second-order valence-corrected chi connectivity index (χ2v) is 9.56. The molecule has 2 aromatic rings. The molecule has 1 amide bonds. The number of amides is 1. The number of benzene rings is 2. The monoisotopic (exact) mass is 407 g/mol. The predicted octanol–water partition coefficient (Wildman–Crippen LogP) is 2.76. The van der Waals surface area contributed by atoms with Crippen molar-refractivity contribution in [3.05, 3.63) is 59.7 Å². The van der Waals surface area contributed by atoms with Gasteiger partial charge in [-0.2, -0.15) is 12.7 Å². The van der Waals surface area contributed by atoms with E-state index in [0.29, 0.717) is 17.8 Å². The standard InChI is InChI=1S/C19H25N3O3S2/c1-15-5-11-18(12-6-15)26-14-13-20-19(23)16-7-9-17(10-8-16)22(4)27(24,25)21(2)3/h5-12H,13-14H2,1-4H3,(H,20,23). The van der Waals surface area contributed by atoms with Crippen LogP contribution in [0.15, 0.2) is 53.4 Å². The second kappa shape index (κ2) is 9.25. The minimum Gasteiger partial charge on any atom is -0.351 e. The van der Waals surface area contributed by atoms with Crippen molar-refractivity contribution in [2.45, 2.75) is 11.8 Å². The third kappa shape index (κ3) is 5.72. The van der Waals surface area contributed by atoms with Gasteiger partial charge in [-0.1, -0.05) is 17.7 Å². The number of hydrogen-bond donors (Lipinski definition) is 1. The minimum atomic E-state index is -3.55. The second-order valence-electron chi connectivity index (χ2n) is 6.22. The molecule has 0 spiro atoms. The first-order chi connectivity index (χ1) is 12.7. The topological polar surface area (TPSA) is 69.7 Å². The highest BCUT2D eigenvalue weighted by molar-refractivity contribution is 7.99. The highest BCUT2D eigenvalue weighted by Crippen LogP contribution is 2.19. The van der Waals surface area contributed by atoms with Gasteiger partial charge < -0.3 is 5.32 Å². The number of rotatable bonds is 8. The van der Waals surface area contributed by atoms with Gasteiger partial charge in [0.25, 0.3) is 5.91 Å². The van der Waals surface area contributed by atoms with Crippen LogP contribution in [0.25, 0.3) is 0 Å². The summed E-state index contributed by atoms with van der Waals surface area (Å²) in [6.07, 6.45) is 0. The molecule has 8 heteroatoms. The highest BCUT2D eigenvalue weighted by atomic mass is 32.2. The summed E-state index contributed by atoms with van der Waals surface area (Å²) < 4.78 is 26.6. The number of carbonyl (C=O) groups excluding carboxylic acids is 1. The van der Waals surface area contributed by atoms with E-state index in [4.69, 9.17) is 0 Å². The van der Waals surface area contributed by atoms with E-state index in [1.54, 1.807) is 36.0 Å². The van der Waals surface area contributed by atoms with Gasteiger partial charge >= 0.3 is 10.2 Å². The third-order valence-corrected chi connectivity index (χ3v) is 6.82.